The molecular formula is C33H36N8O3. The van der Waals surface area contributed by atoms with Gasteiger partial charge in [0.1, 0.15) is 23.5 Å². The zero-order chi connectivity index (χ0) is 30.0. The summed E-state index contributed by atoms with van der Waals surface area (Å²) in [6.45, 7) is 9.11. The Morgan fingerprint density at radius 1 is 1.00 bits per heavy atom. The summed E-state index contributed by atoms with van der Waals surface area (Å²) in [6.07, 6.45) is 7.72. The number of hydrogen-bond donors (Lipinski definition) is 2. The molecule has 3 fully saturated rings. The number of ether oxygens (including phenoxy) is 1. The summed E-state index contributed by atoms with van der Waals surface area (Å²) in [5.41, 5.74) is 4.80. The second-order valence-corrected chi connectivity index (χ2v) is 11.6. The minimum absolute atomic E-state index is 0.0174. The number of morpholine rings is 1. The van der Waals surface area contributed by atoms with Crippen molar-refractivity contribution in [3.05, 3.63) is 78.9 Å². The van der Waals surface area contributed by atoms with Crippen LogP contribution in [0.3, 0.4) is 0 Å². The minimum Gasteiger partial charge on any atom is -0.378 e. The topological polar surface area (TPSA) is 120 Å². The first-order chi connectivity index (χ1) is 21.6. The molecule has 44 heavy (non-hydrogen) atoms. The number of aromatic nitrogens is 4. The van der Waals surface area contributed by atoms with E-state index in [4.69, 9.17) is 4.74 Å². The molecule has 226 valence electrons. The summed E-state index contributed by atoms with van der Waals surface area (Å²) in [5, 5.41) is 3.96. The molecule has 0 aliphatic carbocycles. The molecule has 1 aromatic carbocycles. The molecule has 4 aromatic rings. The van der Waals surface area contributed by atoms with Crippen LogP contribution >= 0.6 is 0 Å². The van der Waals surface area contributed by atoms with E-state index < -0.39 is 0 Å². The lowest BCUT2D eigenvalue weighted by molar-refractivity contribution is -0.127. The monoisotopic (exact) mass is 592 g/mol. The number of nitrogens with zero attached hydrogens (tertiary/aromatic N) is 6. The van der Waals surface area contributed by atoms with E-state index in [1.165, 1.54) is 6.08 Å². The van der Waals surface area contributed by atoms with Gasteiger partial charge in [-0.25, -0.2) is 9.97 Å². The SMILES string of the molecule is C=CC(=O)N1CC[C@H]2[C@@H]1CCCN2Cc1ccnc(C(=O)Nc2ccc(-c3cc4c(N5CCOCC5)ncnc4[nH]3)cc2)c1. The number of amides is 2. The molecule has 2 N–H and O–H groups in total. The highest BCUT2D eigenvalue weighted by Gasteiger charge is 2.41. The van der Waals surface area contributed by atoms with Gasteiger partial charge in [0, 0.05) is 55.8 Å². The maximum Gasteiger partial charge on any atom is 0.274 e. The van der Waals surface area contributed by atoms with Crippen LogP contribution in [0, 0.1) is 0 Å². The zero-order valence-electron chi connectivity index (χ0n) is 24.6. The highest BCUT2D eigenvalue weighted by atomic mass is 16.5. The van der Waals surface area contributed by atoms with Gasteiger partial charge in [0.25, 0.3) is 5.91 Å². The number of aromatic amines is 1. The molecule has 0 spiro atoms. The highest BCUT2D eigenvalue weighted by Crippen LogP contribution is 2.32. The van der Waals surface area contributed by atoms with Crippen LogP contribution in [0.15, 0.2) is 67.6 Å². The van der Waals surface area contributed by atoms with Gasteiger partial charge in [0.05, 0.1) is 18.6 Å². The number of carbonyl (C=O) groups is 2. The fraction of sp³-hybridized carbons (Fsp3) is 0.364. The molecule has 6 heterocycles. The molecule has 3 saturated heterocycles. The van der Waals surface area contributed by atoms with Crippen molar-refractivity contribution in [2.75, 3.05) is 49.6 Å². The third kappa shape index (κ3) is 5.56. The maximum absolute atomic E-state index is 13.2. The Bertz CT molecular complexity index is 1680. The fourth-order valence-corrected chi connectivity index (χ4v) is 6.84. The third-order valence-electron chi connectivity index (χ3n) is 8.99. The van der Waals surface area contributed by atoms with Gasteiger partial charge in [-0.3, -0.25) is 19.5 Å². The van der Waals surface area contributed by atoms with Crippen LogP contribution in [0.5, 0.6) is 0 Å². The molecule has 3 aliphatic rings. The quantitative estimate of drug-likeness (QED) is 0.311. The molecule has 7 rings (SSSR count). The summed E-state index contributed by atoms with van der Waals surface area (Å²) >= 11 is 0. The number of benzene rings is 1. The van der Waals surface area contributed by atoms with Gasteiger partial charge in [-0.15, -0.1) is 0 Å². The summed E-state index contributed by atoms with van der Waals surface area (Å²) < 4.78 is 5.50. The lowest BCUT2D eigenvalue weighted by Gasteiger charge is -2.39. The number of carbonyl (C=O) groups excluding carboxylic acids is 2. The summed E-state index contributed by atoms with van der Waals surface area (Å²) in [7, 11) is 0. The van der Waals surface area contributed by atoms with Gasteiger partial charge in [0.2, 0.25) is 5.91 Å². The van der Waals surface area contributed by atoms with E-state index in [0.29, 0.717) is 30.6 Å². The van der Waals surface area contributed by atoms with Crippen LogP contribution in [0.1, 0.15) is 35.3 Å². The fourth-order valence-electron chi connectivity index (χ4n) is 6.84. The molecule has 3 aliphatic heterocycles. The van der Waals surface area contributed by atoms with Crippen molar-refractivity contribution in [2.24, 2.45) is 0 Å². The molecule has 0 bridgehead atoms. The van der Waals surface area contributed by atoms with E-state index in [-0.39, 0.29) is 17.9 Å². The third-order valence-corrected chi connectivity index (χ3v) is 8.99. The van der Waals surface area contributed by atoms with Crippen LogP contribution in [0.2, 0.25) is 0 Å². The molecule has 0 radical (unpaired) electrons. The predicted octanol–water partition coefficient (Wildman–Crippen LogP) is 3.86. The Hall–Kier alpha value is -4.61. The highest BCUT2D eigenvalue weighted by molar-refractivity contribution is 6.03. The van der Waals surface area contributed by atoms with E-state index in [9.17, 15) is 9.59 Å². The molecule has 3 aromatic heterocycles. The number of hydrogen-bond acceptors (Lipinski definition) is 8. The molecule has 0 unspecified atom stereocenters. The Kier molecular flexibility index (Phi) is 7.80. The number of nitrogens with one attached hydrogen (secondary N) is 2. The first-order valence-corrected chi connectivity index (χ1v) is 15.3. The lowest BCUT2D eigenvalue weighted by Crippen LogP contribution is -2.50. The van der Waals surface area contributed by atoms with Crippen LogP contribution in [0.25, 0.3) is 22.3 Å². The lowest BCUT2D eigenvalue weighted by atomic mass is 9.96. The van der Waals surface area contributed by atoms with Gasteiger partial charge in [0.15, 0.2) is 0 Å². The van der Waals surface area contributed by atoms with E-state index in [1.807, 2.05) is 41.3 Å². The largest absolute Gasteiger partial charge is 0.378 e. The van der Waals surface area contributed by atoms with E-state index in [2.05, 4.69) is 47.7 Å². The molecule has 0 saturated carbocycles. The molecular weight excluding hydrogens is 556 g/mol. The van der Waals surface area contributed by atoms with Gasteiger partial charge in [-0.1, -0.05) is 18.7 Å². The van der Waals surface area contributed by atoms with Gasteiger partial charge < -0.3 is 24.8 Å². The van der Waals surface area contributed by atoms with Crippen LogP contribution < -0.4 is 10.2 Å². The Morgan fingerprint density at radius 2 is 1.84 bits per heavy atom. The van der Waals surface area contributed by atoms with Crippen molar-refractivity contribution in [1.29, 1.82) is 0 Å². The Labute approximate surface area is 255 Å². The first kappa shape index (κ1) is 28.2. The number of anilines is 2. The standard InChI is InChI=1S/C33H36N8O3/c1-2-30(42)41-13-10-28-29(41)4-3-12-40(28)20-22-9-11-34-27(18-22)33(43)37-24-7-5-23(6-8-24)26-19-25-31(38-26)35-21-36-32(25)39-14-16-44-17-15-39/h2,5-9,11,18-19,21,28-29H,1,3-4,10,12-17,20H2,(H,37,43)(H,35,36,38)/t28-,29-/m0/s1. The predicted molar refractivity (Wildman–Crippen MR) is 168 cm³/mol. The van der Waals surface area contributed by atoms with Gasteiger partial charge >= 0.3 is 0 Å². The normalized spacial score (nSPS) is 20.5. The van der Waals surface area contributed by atoms with Crippen molar-refractivity contribution < 1.29 is 14.3 Å². The second kappa shape index (κ2) is 12.2. The number of piperidine rings is 1. The number of likely N-dealkylation sites (tertiary alicyclic amines) is 2. The first-order valence-electron chi connectivity index (χ1n) is 15.3. The maximum atomic E-state index is 13.2. The van der Waals surface area contributed by atoms with Crippen LogP contribution in [-0.4, -0.2) is 93.0 Å². The zero-order valence-corrected chi connectivity index (χ0v) is 24.6. The van der Waals surface area contributed by atoms with E-state index >= 15 is 0 Å². The minimum atomic E-state index is -0.254. The van der Waals surface area contributed by atoms with E-state index in [0.717, 1.165) is 85.7 Å². The molecule has 2 atom stereocenters. The average Bonchev–Trinajstić information content (AvgIpc) is 3.71. The van der Waals surface area contributed by atoms with Gasteiger partial charge in [-0.05, 0) is 73.3 Å². The summed E-state index contributed by atoms with van der Waals surface area (Å²) in [5.74, 6) is 0.673. The number of pyridine rings is 1. The van der Waals surface area contributed by atoms with Crippen molar-refractivity contribution in [3.8, 4) is 11.3 Å². The Morgan fingerprint density at radius 3 is 2.66 bits per heavy atom. The molecule has 11 heteroatoms. The number of rotatable bonds is 7. The van der Waals surface area contributed by atoms with Crippen molar-refractivity contribution in [2.45, 2.75) is 37.9 Å². The average molecular weight is 593 g/mol. The van der Waals surface area contributed by atoms with Crippen LogP contribution in [-0.2, 0) is 16.1 Å². The van der Waals surface area contributed by atoms with Crippen molar-refractivity contribution in [3.63, 3.8) is 0 Å². The Balaban J connectivity index is 1.01. The smallest absolute Gasteiger partial charge is 0.274 e. The van der Waals surface area contributed by atoms with E-state index in [1.54, 1.807) is 12.5 Å². The van der Waals surface area contributed by atoms with Gasteiger partial charge in [-0.2, -0.15) is 0 Å². The molecule has 2 amide bonds. The van der Waals surface area contributed by atoms with Crippen molar-refractivity contribution in [1.82, 2.24) is 29.7 Å². The van der Waals surface area contributed by atoms with Crippen molar-refractivity contribution >= 4 is 34.4 Å². The number of H-pyrrole nitrogens is 1. The second-order valence-electron chi connectivity index (χ2n) is 11.6. The van der Waals surface area contributed by atoms with Crippen LogP contribution in [0.4, 0.5) is 11.5 Å². The summed E-state index contributed by atoms with van der Waals surface area (Å²) in [6, 6.07) is 14.2. The number of fused-ring (bicyclic) bond motifs is 2. The molecule has 11 nitrogen and oxygen atoms in total. The summed E-state index contributed by atoms with van der Waals surface area (Å²) in [4.78, 5) is 48.9.